The lowest BCUT2D eigenvalue weighted by atomic mass is 9.70. The minimum absolute atomic E-state index is 0.0278. The first kappa shape index (κ1) is 15.9. The maximum Gasteiger partial charge on any atom is 0.417 e. The second kappa shape index (κ2) is 5.75. The van der Waals surface area contributed by atoms with E-state index in [-0.39, 0.29) is 11.5 Å². The molecule has 0 aliphatic carbocycles. The number of rotatable bonds is 3. The molecule has 1 aromatic rings. The van der Waals surface area contributed by atoms with Crippen LogP contribution in [0.3, 0.4) is 0 Å². The lowest BCUT2D eigenvalue weighted by Gasteiger charge is -2.36. The van der Waals surface area contributed by atoms with Crippen molar-refractivity contribution in [2.24, 2.45) is 11.3 Å². The number of alkyl halides is 3. The van der Waals surface area contributed by atoms with E-state index in [4.69, 9.17) is 0 Å². The fourth-order valence-electron chi connectivity index (χ4n) is 2.82. The van der Waals surface area contributed by atoms with Crippen molar-refractivity contribution >= 4 is 5.78 Å². The molecular weight excluding hydrogens is 281 g/mol. The molecule has 0 saturated carbocycles. The Kier molecular flexibility index (Phi) is 4.37. The number of pyridine rings is 1. The standard InChI is InChI=1S/C15H19F3N2O/c1-14(2,10-4-3-6-19-8-10)13(21)11-9-20-7-5-12(11)15(16,17)18/h5,7,9-10,19H,3-4,6,8H2,1-2H3. The Morgan fingerprint density at radius 3 is 2.67 bits per heavy atom. The van der Waals surface area contributed by atoms with Crippen LogP contribution in [-0.4, -0.2) is 23.9 Å². The van der Waals surface area contributed by atoms with E-state index in [1.807, 2.05) is 0 Å². The van der Waals surface area contributed by atoms with Gasteiger partial charge < -0.3 is 5.32 Å². The van der Waals surface area contributed by atoms with Gasteiger partial charge in [-0.1, -0.05) is 13.8 Å². The van der Waals surface area contributed by atoms with Crippen LogP contribution in [0.1, 0.15) is 42.6 Å². The third-order valence-electron chi connectivity index (χ3n) is 4.27. The Bertz CT molecular complexity index is 520. The van der Waals surface area contributed by atoms with Gasteiger partial charge in [-0.15, -0.1) is 0 Å². The number of aromatic nitrogens is 1. The molecule has 0 radical (unpaired) electrons. The zero-order valence-electron chi connectivity index (χ0n) is 12.1. The average Bonchev–Trinajstić information content (AvgIpc) is 2.46. The number of hydrogen-bond acceptors (Lipinski definition) is 3. The maximum absolute atomic E-state index is 13.0. The van der Waals surface area contributed by atoms with Crippen molar-refractivity contribution in [2.45, 2.75) is 32.9 Å². The summed E-state index contributed by atoms with van der Waals surface area (Å²) >= 11 is 0. The average molecular weight is 300 g/mol. The van der Waals surface area contributed by atoms with Crippen LogP contribution in [0, 0.1) is 11.3 Å². The first-order valence-corrected chi connectivity index (χ1v) is 7.01. The van der Waals surface area contributed by atoms with Crippen LogP contribution >= 0.6 is 0 Å². The molecule has 1 saturated heterocycles. The summed E-state index contributed by atoms with van der Waals surface area (Å²) in [5.74, 6) is -0.461. The molecule has 116 valence electrons. The highest BCUT2D eigenvalue weighted by Gasteiger charge is 2.42. The minimum Gasteiger partial charge on any atom is -0.316 e. The van der Waals surface area contributed by atoms with Crippen LogP contribution in [0.15, 0.2) is 18.5 Å². The van der Waals surface area contributed by atoms with Crippen LogP contribution in [-0.2, 0) is 6.18 Å². The Hall–Kier alpha value is -1.43. The van der Waals surface area contributed by atoms with Crippen molar-refractivity contribution < 1.29 is 18.0 Å². The van der Waals surface area contributed by atoms with Gasteiger partial charge in [0.1, 0.15) is 0 Å². The number of piperidine rings is 1. The highest BCUT2D eigenvalue weighted by Crippen LogP contribution is 2.39. The van der Waals surface area contributed by atoms with Crippen LogP contribution in [0.2, 0.25) is 0 Å². The summed E-state index contributed by atoms with van der Waals surface area (Å²) in [5, 5.41) is 3.20. The predicted octanol–water partition coefficient (Wildman–Crippen LogP) is 3.31. The SMILES string of the molecule is CC(C)(C(=O)c1cnccc1C(F)(F)F)C1CCCNC1. The summed E-state index contributed by atoms with van der Waals surface area (Å²) in [4.78, 5) is 16.4. The number of halogens is 3. The van der Waals surface area contributed by atoms with E-state index in [1.165, 1.54) is 0 Å². The third-order valence-corrected chi connectivity index (χ3v) is 4.27. The van der Waals surface area contributed by atoms with Crippen LogP contribution < -0.4 is 5.32 Å². The fourth-order valence-corrected chi connectivity index (χ4v) is 2.82. The molecule has 0 bridgehead atoms. The monoisotopic (exact) mass is 300 g/mol. The maximum atomic E-state index is 13.0. The highest BCUT2D eigenvalue weighted by molar-refractivity contribution is 6.01. The molecule has 21 heavy (non-hydrogen) atoms. The quantitative estimate of drug-likeness (QED) is 0.871. The smallest absolute Gasteiger partial charge is 0.316 e. The van der Waals surface area contributed by atoms with Gasteiger partial charge in [-0.05, 0) is 37.9 Å². The van der Waals surface area contributed by atoms with E-state index in [0.29, 0.717) is 6.54 Å². The van der Waals surface area contributed by atoms with Gasteiger partial charge in [0.05, 0.1) is 5.56 Å². The summed E-state index contributed by atoms with van der Waals surface area (Å²) in [6.45, 7) is 4.99. The molecular formula is C15H19F3N2O. The number of ketones is 1. The van der Waals surface area contributed by atoms with E-state index in [1.54, 1.807) is 13.8 Å². The van der Waals surface area contributed by atoms with Crippen molar-refractivity contribution in [2.75, 3.05) is 13.1 Å². The molecule has 1 aromatic heterocycles. The van der Waals surface area contributed by atoms with Crippen molar-refractivity contribution in [1.29, 1.82) is 0 Å². The number of Topliss-reactive ketones (excluding diaryl/α,β-unsaturated/α-hetero) is 1. The van der Waals surface area contributed by atoms with Gasteiger partial charge in [-0.2, -0.15) is 13.2 Å². The molecule has 0 amide bonds. The molecule has 2 rings (SSSR count). The van der Waals surface area contributed by atoms with Gasteiger partial charge in [-0.25, -0.2) is 0 Å². The Morgan fingerprint density at radius 1 is 1.38 bits per heavy atom. The van der Waals surface area contributed by atoms with Gasteiger partial charge in [0, 0.05) is 23.4 Å². The van der Waals surface area contributed by atoms with Gasteiger partial charge >= 0.3 is 6.18 Å². The second-order valence-corrected chi connectivity index (χ2v) is 6.01. The molecule has 1 atom stereocenters. The topological polar surface area (TPSA) is 42.0 Å². The molecule has 0 spiro atoms. The van der Waals surface area contributed by atoms with E-state index in [0.717, 1.165) is 37.8 Å². The largest absolute Gasteiger partial charge is 0.417 e. The summed E-state index contributed by atoms with van der Waals surface area (Å²) in [7, 11) is 0. The molecule has 1 aliphatic heterocycles. The number of carbonyl (C=O) groups is 1. The highest BCUT2D eigenvalue weighted by atomic mass is 19.4. The van der Waals surface area contributed by atoms with Crippen molar-refractivity contribution in [3.05, 3.63) is 29.6 Å². The number of nitrogens with one attached hydrogen (secondary N) is 1. The molecule has 3 nitrogen and oxygen atoms in total. The molecule has 6 heteroatoms. The molecule has 1 aliphatic rings. The minimum atomic E-state index is -4.55. The predicted molar refractivity (Wildman–Crippen MR) is 72.9 cm³/mol. The first-order chi connectivity index (χ1) is 9.74. The zero-order chi connectivity index (χ0) is 15.7. The molecule has 0 aromatic carbocycles. The van der Waals surface area contributed by atoms with E-state index in [9.17, 15) is 18.0 Å². The molecule has 2 heterocycles. The normalized spacial score (nSPS) is 20.3. The van der Waals surface area contributed by atoms with E-state index >= 15 is 0 Å². The second-order valence-electron chi connectivity index (χ2n) is 6.01. The van der Waals surface area contributed by atoms with Crippen molar-refractivity contribution in [1.82, 2.24) is 10.3 Å². The summed E-state index contributed by atoms with van der Waals surface area (Å²) < 4.78 is 39.1. The van der Waals surface area contributed by atoms with Gasteiger partial charge in [0.2, 0.25) is 0 Å². The molecule has 1 unspecified atom stereocenters. The van der Waals surface area contributed by atoms with Gasteiger partial charge in [0.25, 0.3) is 0 Å². The molecule has 1 fully saturated rings. The summed E-state index contributed by atoms with van der Waals surface area (Å²) in [6, 6.07) is 0.864. The fraction of sp³-hybridized carbons (Fsp3) is 0.600. The Labute approximate surface area is 122 Å². The number of carbonyl (C=O) groups excluding carboxylic acids is 1. The lowest BCUT2D eigenvalue weighted by Crippen LogP contribution is -2.43. The van der Waals surface area contributed by atoms with Crippen LogP contribution in [0.5, 0.6) is 0 Å². The van der Waals surface area contributed by atoms with Crippen LogP contribution in [0.25, 0.3) is 0 Å². The zero-order valence-corrected chi connectivity index (χ0v) is 12.1. The van der Waals surface area contributed by atoms with E-state index in [2.05, 4.69) is 10.3 Å². The lowest BCUT2D eigenvalue weighted by molar-refractivity contribution is -0.138. The Morgan fingerprint density at radius 2 is 2.10 bits per heavy atom. The summed E-state index contributed by atoms with van der Waals surface area (Å²) in [6.07, 6.45) is -0.680. The van der Waals surface area contributed by atoms with Crippen LogP contribution in [0.4, 0.5) is 13.2 Å². The van der Waals surface area contributed by atoms with Crippen molar-refractivity contribution in [3.63, 3.8) is 0 Å². The number of hydrogen-bond donors (Lipinski definition) is 1. The number of nitrogens with zero attached hydrogens (tertiary/aromatic N) is 1. The van der Waals surface area contributed by atoms with Crippen molar-refractivity contribution in [3.8, 4) is 0 Å². The van der Waals surface area contributed by atoms with Gasteiger partial charge in [0.15, 0.2) is 5.78 Å². The first-order valence-electron chi connectivity index (χ1n) is 7.01. The third kappa shape index (κ3) is 3.26. The van der Waals surface area contributed by atoms with Gasteiger partial charge in [-0.3, -0.25) is 9.78 Å². The summed E-state index contributed by atoms with van der Waals surface area (Å²) in [5.41, 5.74) is -2.09. The molecule has 1 N–H and O–H groups in total. The van der Waals surface area contributed by atoms with E-state index < -0.39 is 22.9 Å². The Balaban J connectivity index is 2.35.